The van der Waals surface area contributed by atoms with Gasteiger partial charge in [0.25, 0.3) is 0 Å². The van der Waals surface area contributed by atoms with Crippen LogP contribution in [0.15, 0.2) is 35.4 Å². The number of rotatable bonds is 4. The second kappa shape index (κ2) is 6.16. The standard InChI is InChI=1S/C13H15N5OS/c1-9-11(8-15-16-13(14)20)12(19-2)18(17-9)10-6-4-3-5-7-10/h3-8H,1-2H3,(H3,14,16,20)/b15-8-. The highest BCUT2D eigenvalue weighted by atomic mass is 32.1. The van der Waals surface area contributed by atoms with Crippen molar-refractivity contribution in [3.8, 4) is 11.6 Å². The van der Waals surface area contributed by atoms with Crippen molar-refractivity contribution >= 4 is 23.5 Å². The minimum Gasteiger partial charge on any atom is -0.480 e. The molecule has 0 saturated heterocycles. The van der Waals surface area contributed by atoms with E-state index >= 15 is 0 Å². The van der Waals surface area contributed by atoms with Gasteiger partial charge in [-0.15, -0.1) is 0 Å². The average molecular weight is 289 g/mol. The van der Waals surface area contributed by atoms with Gasteiger partial charge in [-0.25, -0.2) is 4.68 Å². The lowest BCUT2D eigenvalue weighted by molar-refractivity contribution is 0.383. The molecule has 1 aromatic heterocycles. The van der Waals surface area contributed by atoms with Crippen LogP contribution in [-0.2, 0) is 0 Å². The molecule has 2 aromatic rings. The van der Waals surface area contributed by atoms with Gasteiger partial charge in [0.05, 0.1) is 30.3 Å². The summed E-state index contributed by atoms with van der Waals surface area (Å²) >= 11 is 4.69. The maximum Gasteiger partial charge on any atom is 0.225 e. The van der Waals surface area contributed by atoms with Gasteiger partial charge in [0, 0.05) is 0 Å². The van der Waals surface area contributed by atoms with E-state index in [1.807, 2.05) is 37.3 Å². The van der Waals surface area contributed by atoms with Crippen LogP contribution in [0.3, 0.4) is 0 Å². The van der Waals surface area contributed by atoms with Crippen molar-refractivity contribution in [3.05, 3.63) is 41.6 Å². The van der Waals surface area contributed by atoms with Crippen LogP contribution in [0.5, 0.6) is 5.88 Å². The highest BCUT2D eigenvalue weighted by Gasteiger charge is 2.15. The normalized spacial score (nSPS) is 10.7. The van der Waals surface area contributed by atoms with Crippen molar-refractivity contribution in [3.63, 3.8) is 0 Å². The van der Waals surface area contributed by atoms with Crippen LogP contribution in [0, 0.1) is 6.92 Å². The first-order valence-corrected chi connectivity index (χ1v) is 6.32. The van der Waals surface area contributed by atoms with E-state index in [9.17, 15) is 0 Å². The third-order valence-corrected chi connectivity index (χ3v) is 2.72. The van der Waals surface area contributed by atoms with Gasteiger partial charge in [0.15, 0.2) is 5.11 Å². The number of methoxy groups -OCH3 is 1. The monoisotopic (exact) mass is 289 g/mol. The molecule has 20 heavy (non-hydrogen) atoms. The fourth-order valence-corrected chi connectivity index (χ4v) is 1.82. The summed E-state index contributed by atoms with van der Waals surface area (Å²) in [5, 5.41) is 8.51. The fraction of sp³-hybridized carbons (Fsp3) is 0.154. The molecule has 6 nitrogen and oxygen atoms in total. The molecule has 0 fully saturated rings. The molecule has 0 amide bonds. The number of para-hydroxylation sites is 1. The minimum atomic E-state index is 0.105. The van der Waals surface area contributed by atoms with E-state index < -0.39 is 0 Å². The van der Waals surface area contributed by atoms with Gasteiger partial charge < -0.3 is 10.5 Å². The van der Waals surface area contributed by atoms with Gasteiger partial charge in [-0.2, -0.15) is 10.2 Å². The average Bonchev–Trinajstić information content (AvgIpc) is 2.76. The second-order valence-corrected chi connectivity index (χ2v) is 4.43. The Kier molecular flexibility index (Phi) is 4.31. The maximum absolute atomic E-state index is 5.43. The molecule has 1 heterocycles. The zero-order valence-corrected chi connectivity index (χ0v) is 12.0. The van der Waals surface area contributed by atoms with Gasteiger partial charge in [0.2, 0.25) is 5.88 Å². The number of hydrogen-bond acceptors (Lipinski definition) is 4. The topological polar surface area (TPSA) is 77.5 Å². The quantitative estimate of drug-likeness (QED) is 0.505. The van der Waals surface area contributed by atoms with E-state index in [-0.39, 0.29) is 5.11 Å². The van der Waals surface area contributed by atoms with Crippen molar-refractivity contribution in [2.75, 3.05) is 7.11 Å². The van der Waals surface area contributed by atoms with Crippen LogP contribution in [0.1, 0.15) is 11.3 Å². The van der Waals surface area contributed by atoms with Gasteiger partial charge in [0.1, 0.15) is 0 Å². The molecule has 0 unspecified atom stereocenters. The Morgan fingerprint density at radius 2 is 2.15 bits per heavy atom. The lowest BCUT2D eigenvalue weighted by atomic mass is 10.3. The molecular weight excluding hydrogens is 274 g/mol. The highest BCUT2D eigenvalue weighted by molar-refractivity contribution is 7.80. The van der Waals surface area contributed by atoms with E-state index in [1.54, 1.807) is 18.0 Å². The van der Waals surface area contributed by atoms with Crippen molar-refractivity contribution in [1.29, 1.82) is 0 Å². The van der Waals surface area contributed by atoms with Gasteiger partial charge in [-0.1, -0.05) is 18.2 Å². The summed E-state index contributed by atoms with van der Waals surface area (Å²) in [4.78, 5) is 0. The molecule has 0 aliphatic heterocycles. The van der Waals surface area contributed by atoms with Crippen LogP contribution < -0.4 is 15.9 Å². The predicted octanol–water partition coefficient (Wildman–Crippen LogP) is 1.36. The summed E-state index contributed by atoms with van der Waals surface area (Å²) in [7, 11) is 1.59. The Morgan fingerprint density at radius 3 is 2.75 bits per heavy atom. The number of thiocarbonyl (C=S) groups is 1. The van der Waals surface area contributed by atoms with E-state index in [0.29, 0.717) is 5.88 Å². The molecule has 3 N–H and O–H groups in total. The third-order valence-electron chi connectivity index (χ3n) is 2.63. The number of nitrogens with one attached hydrogen (secondary N) is 1. The number of aryl methyl sites for hydroxylation is 1. The molecule has 7 heteroatoms. The van der Waals surface area contributed by atoms with Gasteiger partial charge in [-0.3, -0.25) is 5.43 Å². The first kappa shape index (κ1) is 14.0. The van der Waals surface area contributed by atoms with Crippen LogP contribution in [0.4, 0.5) is 0 Å². The third kappa shape index (κ3) is 2.94. The van der Waals surface area contributed by atoms with Crippen molar-refractivity contribution in [1.82, 2.24) is 15.2 Å². The zero-order chi connectivity index (χ0) is 14.5. The number of benzene rings is 1. The molecule has 0 bridgehead atoms. The smallest absolute Gasteiger partial charge is 0.225 e. The van der Waals surface area contributed by atoms with Gasteiger partial charge in [-0.05, 0) is 31.3 Å². The Balaban J connectivity index is 2.42. The summed E-state index contributed by atoms with van der Waals surface area (Å²) < 4.78 is 7.15. The molecule has 0 spiro atoms. The van der Waals surface area contributed by atoms with Crippen molar-refractivity contribution in [2.24, 2.45) is 10.8 Å². The molecule has 0 radical (unpaired) electrons. The van der Waals surface area contributed by atoms with Crippen molar-refractivity contribution in [2.45, 2.75) is 6.92 Å². The summed E-state index contributed by atoms with van der Waals surface area (Å²) in [6, 6.07) is 9.72. The number of nitrogens with zero attached hydrogens (tertiary/aromatic N) is 3. The van der Waals surface area contributed by atoms with Crippen LogP contribution in [-0.4, -0.2) is 28.2 Å². The SMILES string of the molecule is COc1c(/C=N\NC(N)=S)c(C)nn1-c1ccccc1. The molecule has 0 aliphatic carbocycles. The summed E-state index contributed by atoms with van der Waals surface area (Å²) in [5.41, 5.74) is 10.3. The van der Waals surface area contributed by atoms with E-state index in [2.05, 4.69) is 27.8 Å². The molecule has 0 aliphatic rings. The van der Waals surface area contributed by atoms with Crippen LogP contribution in [0.2, 0.25) is 0 Å². The summed E-state index contributed by atoms with van der Waals surface area (Å²) in [5.74, 6) is 0.599. The van der Waals surface area contributed by atoms with Crippen molar-refractivity contribution < 1.29 is 4.74 Å². The number of aromatic nitrogens is 2. The Bertz CT molecular complexity index is 636. The number of hydrazone groups is 1. The number of nitrogens with two attached hydrogens (primary N) is 1. The zero-order valence-electron chi connectivity index (χ0n) is 11.2. The minimum absolute atomic E-state index is 0.105. The Morgan fingerprint density at radius 1 is 1.45 bits per heavy atom. The Hall–Kier alpha value is -2.41. The molecular formula is C13H15N5OS. The molecule has 0 atom stereocenters. The lowest BCUT2D eigenvalue weighted by Crippen LogP contribution is -2.24. The molecule has 0 saturated carbocycles. The molecule has 2 rings (SSSR count). The number of ether oxygens (including phenoxy) is 1. The second-order valence-electron chi connectivity index (χ2n) is 3.99. The van der Waals surface area contributed by atoms with Crippen LogP contribution in [0.25, 0.3) is 5.69 Å². The summed E-state index contributed by atoms with van der Waals surface area (Å²) in [6.45, 7) is 1.88. The summed E-state index contributed by atoms with van der Waals surface area (Å²) in [6.07, 6.45) is 1.58. The largest absolute Gasteiger partial charge is 0.480 e. The Labute approximate surface area is 122 Å². The van der Waals surface area contributed by atoms with E-state index in [1.165, 1.54) is 0 Å². The van der Waals surface area contributed by atoms with Crippen LogP contribution >= 0.6 is 12.2 Å². The first-order chi connectivity index (χ1) is 9.63. The van der Waals surface area contributed by atoms with Gasteiger partial charge >= 0.3 is 0 Å². The predicted molar refractivity (Wildman–Crippen MR) is 82.4 cm³/mol. The highest BCUT2D eigenvalue weighted by Crippen LogP contribution is 2.23. The molecule has 1 aromatic carbocycles. The lowest BCUT2D eigenvalue weighted by Gasteiger charge is -2.06. The van der Waals surface area contributed by atoms with E-state index in [4.69, 9.17) is 10.5 Å². The molecule has 104 valence electrons. The number of hydrogen-bond donors (Lipinski definition) is 2. The maximum atomic E-state index is 5.43. The van der Waals surface area contributed by atoms with E-state index in [0.717, 1.165) is 16.9 Å². The first-order valence-electron chi connectivity index (χ1n) is 5.91. The fourth-order valence-electron chi connectivity index (χ4n) is 1.77.